The number of amides is 1. The van der Waals surface area contributed by atoms with Crippen LogP contribution >= 0.6 is 0 Å². The fraction of sp³-hybridized carbons (Fsp3) is 0.625. The number of aromatic nitrogens is 1. The molecule has 21 heavy (non-hydrogen) atoms. The van der Waals surface area contributed by atoms with Gasteiger partial charge >= 0.3 is 0 Å². The minimum Gasteiger partial charge on any atom is -0.368 e. The van der Waals surface area contributed by atoms with Crippen molar-refractivity contribution >= 4 is 11.7 Å². The van der Waals surface area contributed by atoms with Gasteiger partial charge in [0.25, 0.3) is 5.91 Å². The number of rotatable bonds is 7. The molecule has 0 atom stereocenters. The van der Waals surface area contributed by atoms with Crippen LogP contribution in [0.5, 0.6) is 0 Å². The highest BCUT2D eigenvalue weighted by Crippen LogP contribution is 2.30. The molecule has 1 heterocycles. The van der Waals surface area contributed by atoms with Gasteiger partial charge in [-0.15, -0.1) is 0 Å². The summed E-state index contributed by atoms with van der Waals surface area (Å²) >= 11 is 0. The van der Waals surface area contributed by atoms with Gasteiger partial charge in [-0.2, -0.15) is 0 Å². The summed E-state index contributed by atoms with van der Waals surface area (Å²) in [6.07, 6.45) is 4.48. The van der Waals surface area contributed by atoms with E-state index in [-0.39, 0.29) is 23.3 Å². The third kappa shape index (κ3) is 3.93. The number of carbonyl (C=O) groups is 1. The minimum atomic E-state index is -0.542. The van der Waals surface area contributed by atoms with E-state index in [2.05, 4.69) is 24.1 Å². The quantitative estimate of drug-likeness (QED) is 0.839. The summed E-state index contributed by atoms with van der Waals surface area (Å²) in [5.74, 6) is -0.0710. The lowest BCUT2D eigenvalue weighted by molar-refractivity contribution is 0.0730. The lowest BCUT2D eigenvalue weighted by Gasteiger charge is -2.24. The molecule has 0 radical (unpaired) electrons. The molecule has 0 unspecified atom stereocenters. The van der Waals surface area contributed by atoms with Gasteiger partial charge in [0.05, 0.1) is 5.56 Å². The first-order valence-electron chi connectivity index (χ1n) is 7.74. The number of hydrogen-bond donors (Lipinski definition) is 1. The summed E-state index contributed by atoms with van der Waals surface area (Å²) in [5, 5.41) is 2.85. The molecule has 1 N–H and O–H groups in total. The topological polar surface area (TPSA) is 45.2 Å². The maximum atomic E-state index is 14.4. The molecule has 1 fully saturated rings. The van der Waals surface area contributed by atoms with Gasteiger partial charge in [0.15, 0.2) is 11.6 Å². The van der Waals surface area contributed by atoms with E-state index in [1.54, 1.807) is 0 Å². The Labute approximate surface area is 125 Å². The zero-order valence-corrected chi connectivity index (χ0v) is 13.0. The second kappa shape index (κ2) is 6.87. The van der Waals surface area contributed by atoms with E-state index in [1.165, 1.54) is 12.3 Å². The van der Waals surface area contributed by atoms with Gasteiger partial charge in [0.1, 0.15) is 0 Å². The van der Waals surface area contributed by atoms with Gasteiger partial charge in [-0.1, -0.05) is 13.8 Å². The van der Waals surface area contributed by atoms with Crippen LogP contribution in [0, 0.1) is 11.7 Å². The van der Waals surface area contributed by atoms with Crippen molar-refractivity contribution in [1.82, 2.24) is 9.88 Å². The molecule has 1 amide bonds. The van der Waals surface area contributed by atoms with E-state index in [9.17, 15) is 9.18 Å². The molecule has 0 saturated heterocycles. The summed E-state index contributed by atoms with van der Waals surface area (Å²) in [6.45, 7) is 7.40. The highest BCUT2D eigenvalue weighted by Gasteiger charge is 2.34. The predicted octanol–water partition coefficient (Wildman–Crippen LogP) is 3.30. The van der Waals surface area contributed by atoms with E-state index >= 15 is 0 Å². The number of anilines is 1. The maximum absolute atomic E-state index is 14.4. The van der Waals surface area contributed by atoms with Crippen molar-refractivity contribution in [2.45, 2.75) is 46.1 Å². The fourth-order valence-corrected chi connectivity index (χ4v) is 2.29. The third-order valence-electron chi connectivity index (χ3n) is 3.66. The molecule has 0 spiro atoms. The second-order valence-corrected chi connectivity index (χ2v) is 5.96. The number of nitrogens with zero attached hydrogens (tertiary/aromatic N) is 2. The molecule has 5 heteroatoms. The zero-order valence-electron chi connectivity index (χ0n) is 13.0. The average molecular weight is 293 g/mol. The van der Waals surface area contributed by atoms with Gasteiger partial charge in [-0.05, 0) is 38.2 Å². The standard InChI is InChI=1S/C16H24FN3O/c1-4-18-15-14(17)13(7-9-19-15)16(21)20(12-5-6-12)10-8-11(2)3/h7,9,11-12H,4-6,8,10H2,1-3H3,(H,18,19). The third-order valence-corrected chi connectivity index (χ3v) is 3.66. The Morgan fingerprint density at radius 2 is 2.24 bits per heavy atom. The molecule has 0 bridgehead atoms. The van der Waals surface area contributed by atoms with Gasteiger partial charge < -0.3 is 10.2 Å². The molecule has 116 valence electrons. The van der Waals surface area contributed by atoms with Gasteiger partial charge in [0.2, 0.25) is 0 Å². The maximum Gasteiger partial charge on any atom is 0.257 e. The summed E-state index contributed by atoms with van der Waals surface area (Å²) in [7, 11) is 0. The lowest BCUT2D eigenvalue weighted by Crippen LogP contribution is -2.35. The SMILES string of the molecule is CCNc1nccc(C(=O)N(CCC(C)C)C2CC2)c1F. The monoisotopic (exact) mass is 293 g/mol. The first-order chi connectivity index (χ1) is 10.0. The van der Waals surface area contributed by atoms with Crippen molar-refractivity contribution < 1.29 is 9.18 Å². The molecule has 1 aliphatic rings. The van der Waals surface area contributed by atoms with Crippen LogP contribution in [0.2, 0.25) is 0 Å². The molecular weight excluding hydrogens is 269 g/mol. The molecule has 1 aliphatic carbocycles. The molecule has 2 rings (SSSR count). The average Bonchev–Trinajstić information content (AvgIpc) is 3.26. The zero-order chi connectivity index (χ0) is 15.4. The summed E-state index contributed by atoms with van der Waals surface area (Å²) in [4.78, 5) is 18.4. The number of nitrogens with one attached hydrogen (secondary N) is 1. The van der Waals surface area contributed by atoms with Crippen molar-refractivity contribution in [2.75, 3.05) is 18.4 Å². The van der Waals surface area contributed by atoms with Crippen LogP contribution in [-0.4, -0.2) is 34.9 Å². The van der Waals surface area contributed by atoms with Crippen molar-refractivity contribution in [1.29, 1.82) is 0 Å². The Bertz CT molecular complexity index is 500. The minimum absolute atomic E-state index is 0.122. The number of carbonyl (C=O) groups excluding carboxylic acids is 1. The highest BCUT2D eigenvalue weighted by atomic mass is 19.1. The van der Waals surface area contributed by atoms with Crippen molar-refractivity contribution in [3.8, 4) is 0 Å². The Morgan fingerprint density at radius 3 is 2.81 bits per heavy atom. The Hall–Kier alpha value is -1.65. The summed E-state index contributed by atoms with van der Waals surface area (Å²) in [5.41, 5.74) is 0.122. The van der Waals surface area contributed by atoms with E-state index in [0.29, 0.717) is 19.0 Å². The lowest BCUT2D eigenvalue weighted by atomic mass is 10.1. The van der Waals surface area contributed by atoms with Crippen LogP contribution < -0.4 is 5.32 Å². The van der Waals surface area contributed by atoms with Gasteiger partial charge in [0, 0.05) is 25.3 Å². The van der Waals surface area contributed by atoms with Crippen molar-refractivity contribution in [3.63, 3.8) is 0 Å². The van der Waals surface area contributed by atoms with Gasteiger partial charge in [-0.3, -0.25) is 4.79 Å². The molecule has 4 nitrogen and oxygen atoms in total. The van der Waals surface area contributed by atoms with E-state index < -0.39 is 5.82 Å². The largest absolute Gasteiger partial charge is 0.368 e. The smallest absolute Gasteiger partial charge is 0.257 e. The number of pyridine rings is 1. The van der Waals surface area contributed by atoms with E-state index in [0.717, 1.165) is 19.3 Å². The number of hydrogen-bond acceptors (Lipinski definition) is 3. The van der Waals surface area contributed by atoms with Crippen LogP contribution in [0.15, 0.2) is 12.3 Å². The van der Waals surface area contributed by atoms with Crippen LogP contribution in [0.4, 0.5) is 10.2 Å². The summed E-state index contributed by atoms with van der Waals surface area (Å²) < 4.78 is 14.4. The first-order valence-corrected chi connectivity index (χ1v) is 7.74. The first kappa shape index (κ1) is 15.7. The Kier molecular flexibility index (Phi) is 5.15. The van der Waals surface area contributed by atoms with E-state index in [1.807, 2.05) is 11.8 Å². The molecule has 0 aliphatic heterocycles. The highest BCUT2D eigenvalue weighted by molar-refractivity contribution is 5.95. The van der Waals surface area contributed by atoms with Crippen LogP contribution in [0.25, 0.3) is 0 Å². The fourth-order valence-electron chi connectivity index (χ4n) is 2.29. The second-order valence-electron chi connectivity index (χ2n) is 5.96. The van der Waals surface area contributed by atoms with Crippen LogP contribution in [-0.2, 0) is 0 Å². The van der Waals surface area contributed by atoms with Crippen LogP contribution in [0.1, 0.15) is 50.4 Å². The Balaban J connectivity index is 2.18. The van der Waals surface area contributed by atoms with Crippen LogP contribution in [0.3, 0.4) is 0 Å². The summed E-state index contributed by atoms with van der Waals surface area (Å²) in [6, 6.07) is 1.76. The molecule has 1 aromatic rings. The van der Waals surface area contributed by atoms with E-state index in [4.69, 9.17) is 0 Å². The number of halogens is 1. The molecule has 1 aromatic heterocycles. The van der Waals surface area contributed by atoms with Gasteiger partial charge in [-0.25, -0.2) is 9.37 Å². The van der Waals surface area contributed by atoms with Crippen molar-refractivity contribution in [2.24, 2.45) is 5.92 Å². The van der Waals surface area contributed by atoms with Crippen molar-refractivity contribution in [3.05, 3.63) is 23.6 Å². The molecule has 1 saturated carbocycles. The Morgan fingerprint density at radius 1 is 1.52 bits per heavy atom. The normalized spacial score (nSPS) is 14.3. The predicted molar refractivity (Wildman–Crippen MR) is 81.9 cm³/mol. The molecule has 0 aromatic carbocycles. The molecular formula is C16H24FN3O.